The van der Waals surface area contributed by atoms with E-state index in [0.717, 1.165) is 6.54 Å². The Balaban J connectivity index is 1.63. The molecule has 5 nitrogen and oxygen atoms in total. The van der Waals surface area contributed by atoms with Gasteiger partial charge in [-0.15, -0.1) is 0 Å². The number of benzene rings is 2. The first-order chi connectivity index (χ1) is 12.0. The molecule has 6 heteroatoms. The van der Waals surface area contributed by atoms with E-state index in [1.54, 1.807) is 0 Å². The molecule has 1 atom stereocenters. The highest BCUT2D eigenvalue weighted by Gasteiger charge is 2.29. The van der Waals surface area contributed by atoms with Crippen molar-refractivity contribution in [3.05, 3.63) is 48.0 Å². The quantitative estimate of drug-likeness (QED) is 0.855. The molecule has 1 aliphatic rings. The second-order valence-electron chi connectivity index (χ2n) is 6.61. The number of rotatable bonds is 6. The molecular weight excluding hydrogens is 336 g/mol. The standard InChI is InChI=1S/C19H24N2O3S/c1-2-21(13-19(22)20-17-10-11-25(23,24)14-17)12-16-8-5-7-15-6-3-4-9-18(15)16/h3-9,17H,2,10-14H2,1H3,(H,20,22)/t17-/m0/s1. The zero-order valence-electron chi connectivity index (χ0n) is 14.4. The van der Waals surface area contributed by atoms with Crippen LogP contribution in [0.15, 0.2) is 42.5 Å². The molecule has 134 valence electrons. The third-order valence-corrected chi connectivity index (χ3v) is 6.45. The van der Waals surface area contributed by atoms with Gasteiger partial charge in [0, 0.05) is 12.6 Å². The highest BCUT2D eigenvalue weighted by molar-refractivity contribution is 7.91. The molecule has 1 aliphatic heterocycles. The Hall–Kier alpha value is -1.92. The van der Waals surface area contributed by atoms with E-state index in [9.17, 15) is 13.2 Å². The smallest absolute Gasteiger partial charge is 0.234 e. The minimum absolute atomic E-state index is 0.0637. The molecule has 1 fully saturated rings. The summed E-state index contributed by atoms with van der Waals surface area (Å²) in [6.45, 7) is 3.74. The summed E-state index contributed by atoms with van der Waals surface area (Å²) in [5, 5.41) is 5.25. The minimum atomic E-state index is -2.98. The Bertz CT molecular complexity index is 859. The summed E-state index contributed by atoms with van der Waals surface area (Å²) in [5.74, 6) is 0.129. The normalized spacial score (nSPS) is 19.4. The van der Waals surface area contributed by atoms with Gasteiger partial charge >= 0.3 is 0 Å². The van der Waals surface area contributed by atoms with Gasteiger partial charge in [-0.05, 0) is 29.3 Å². The summed E-state index contributed by atoms with van der Waals surface area (Å²) in [7, 11) is -2.98. The molecule has 1 saturated heterocycles. The topological polar surface area (TPSA) is 66.5 Å². The van der Waals surface area contributed by atoms with Gasteiger partial charge in [0.05, 0.1) is 18.1 Å². The SMILES string of the molecule is CCN(CC(=O)N[C@H]1CCS(=O)(=O)C1)Cc1cccc2ccccc12. The van der Waals surface area contributed by atoms with Crippen molar-refractivity contribution in [2.75, 3.05) is 24.6 Å². The molecule has 1 amide bonds. The Kier molecular flexibility index (Phi) is 5.39. The van der Waals surface area contributed by atoms with Gasteiger partial charge in [-0.25, -0.2) is 8.42 Å². The summed E-state index contributed by atoms with van der Waals surface area (Å²) >= 11 is 0. The van der Waals surface area contributed by atoms with Gasteiger partial charge in [-0.3, -0.25) is 9.69 Å². The van der Waals surface area contributed by atoms with Gasteiger partial charge in [0.2, 0.25) is 5.91 Å². The molecule has 3 rings (SSSR count). The number of nitrogens with zero attached hydrogens (tertiary/aromatic N) is 1. The van der Waals surface area contributed by atoms with Crippen LogP contribution >= 0.6 is 0 Å². The van der Waals surface area contributed by atoms with Crippen LogP contribution in [-0.2, 0) is 21.2 Å². The van der Waals surface area contributed by atoms with E-state index in [2.05, 4.69) is 34.5 Å². The molecule has 2 aromatic carbocycles. The van der Waals surface area contributed by atoms with Crippen molar-refractivity contribution in [3.8, 4) is 0 Å². The number of sulfone groups is 1. The largest absolute Gasteiger partial charge is 0.351 e. The highest BCUT2D eigenvalue weighted by atomic mass is 32.2. The fourth-order valence-corrected chi connectivity index (χ4v) is 5.01. The predicted molar refractivity (Wildman–Crippen MR) is 100 cm³/mol. The van der Waals surface area contributed by atoms with Crippen LogP contribution in [0.5, 0.6) is 0 Å². The van der Waals surface area contributed by atoms with Crippen molar-refractivity contribution in [1.82, 2.24) is 10.2 Å². The number of carbonyl (C=O) groups excluding carboxylic acids is 1. The van der Waals surface area contributed by atoms with E-state index in [-0.39, 0.29) is 30.0 Å². The Morgan fingerprint density at radius 3 is 2.68 bits per heavy atom. The summed E-state index contributed by atoms with van der Waals surface area (Å²) in [5.41, 5.74) is 1.19. The highest BCUT2D eigenvalue weighted by Crippen LogP contribution is 2.20. The fourth-order valence-electron chi connectivity index (χ4n) is 3.34. The maximum atomic E-state index is 12.3. The lowest BCUT2D eigenvalue weighted by atomic mass is 10.0. The van der Waals surface area contributed by atoms with E-state index in [0.29, 0.717) is 13.0 Å². The van der Waals surface area contributed by atoms with Gasteiger partial charge in [-0.2, -0.15) is 0 Å². The number of nitrogens with one attached hydrogen (secondary N) is 1. The minimum Gasteiger partial charge on any atom is -0.351 e. The first-order valence-corrected chi connectivity index (χ1v) is 10.5. The summed E-state index contributed by atoms with van der Waals surface area (Å²) < 4.78 is 23.0. The predicted octanol–water partition coefficient (Wildman–Crippen LogP) is 1.97. The lowest BCUT2D eigenvalue weighted by Crippen LogP contribution is -2.42. The Morgan fingerprint density at radius 1 is 1.20 bits per heavy atom. The first-order valence-electron chi connectivity index (χ1n) is 8.65. The second kappa shape index (κ2) is 7.54. The van der Waals surface area contributed by atoms with Crippen LogP contribution < -0.4 is 5.32 Å². The van der Waals surface area contributed by atoms with Crippen LogP contribution in [0, 0.1) is 0 Å². The van der Waals surface area contributed by atoms with Crippen molar-refractivity contribution in [2.45, 2.75) is 25.9 Å². The van der Waals surface area contributed by atoms with E-state index in [1.807, 2.05) is 25.1 Å². The van der Waals surface area contributed by atoms with Gasteiger partial charge in [-0.1, -0.05) is 49.4 Å². The van der Waals surface area contributed by atoms with E-state index >= 15 is 0 Å². The van der Waals surface area contributed by atoms with E-state index in [4.69, 9.17) is 0 Å². The first kappa shape index (κ1) is 17.9. The monoisotopic (exact) mass is 360 g/mol. The van der Waals surface area contributed by atoms with Crippen LogP contribution in [-0.4, -0.2) is 49.9 Å². The van der Waals surface area contributed by atoms with Crippen LogP contribution in [0.2, 0.25) is 0 Å². The second-order valence-corrected chi connectivity index (χ2v) is 8.84. The van der Waals surface area contributed by atoms with Crippen LogP contribution in [0.3, 0.4) is 0 Å². The number of hydrogen-bond acceptors (Lipinski definition) is 4. The molecule has 0 unspecified atom stereocenters. The summed E-state index contributed by atoms with van der Waals surface area (Å²) in [4.78, 5) is 14.4. The maximum Gasteiger partial charge on any atom is 0.234 e. The number of likely N-dealkylation sites (N-methyl/N-ethyl adjacent to an activating group) is 1. The summed E-state index contributed by atoms with van der Waals surface area (Å²) in [6, 6.07) is 14.2. The number of fused-ring (bicyclic) bond motifs is 1. The molecule has 2 aromatic rings. The molecule has 0 bridgehead atoms. The number of carbonyl (C=O) groups is 1. The van der Waals surface area contributed by atoms with Crippen LogP contribution in [0.4, 0.5) is 0 Å². The van der Waals surface area contributed by atoms with E-state index < -0.39 is 9.84 Å². The average molecular weight is 360 g/mol. The van der Waals surface area contributed by atoms with Gasteiger partial charge in [0.15, 0.2) is 9.84 Å². The Labute approximate surface area is 148 Å². The zero-order chi connectivity index (χ0) is 17.9. The van der Waals surface area contributed by atoms with Crippen molar-refractivity contribution in [1.29, 1.82) is 0 Å². The van der Waals surface area contributed by atoms with Crippen molar-refractivity contribution >= 4 is 26.5 Å². The molecule has 0 spiro atoms. The molecule has 1 N–H and O–H groups in total. The molecule has 0 aliphatic carbocycles. The van der Waals surface area contributed by atoms with Crippen LogP contribution in [0.1, 0.15) is 18.9 Å². The molecule has 0 saturated carbocycles. The van der Waals surface area contributed by atoms with Gasteiger partial charge < -0.3 is 5.32 Å². The molecule has 1 heterocycles. The summed E-state index contributed by atoms with van der Waals surface area (Å²) in [6.07, 6.45) is 0.517. The van der Waals surface area contributed by atoms with Crippen LogP contribution in [0.25, 0.3) is 10.8 Å². The molecule has 0 aromatic heterocycles. The number of amides is 1. The lowest BCUT2D eigenvalue weighted by molar-refractivity contribution is -0.122. The zero-order valence-corrected chi connectivity index (χ0v) is 15.3. The molecular formula is C19H24N2O3S. The fraction of sp³-hybridized carbons (Fsp3) is 0.421. The molecule has 25 heavy (non-hydrogen) atoms. The van der Waals surface area contributed by atoms with Crippen molar-refractivity contribution in [3.63, 3.8) is 0 Å². The lowest BCUT2D eigenvalue weighted by Gasteiger charge is -2.22. The maximum absolute atomic E-state index is 12.3. The molecule has 0 radical (unpaired) electrons. The number of hydrogen-bond donors (Lipinski definition) is 1. The van der Waals surface area contributed by atoms with Gasteiger partial charge in [0.25, 0.3) is 0 Å². The van der Waals surface area contributed by atoms with Gasteiger partial charge in [0.1, 0.15) is 0 Å². The average Bonchev–Trinajstić information content (AvgIpc) is 2.93. The van der Waals surface area contributed by atoms with Crippen molar-refractivity contribution < 1.29 is 13.2 Å². The van der Waals surface area contributed by atoms with Crippen molar-refractivity contribution in [2.24, 2.45) is 0 Å². The van der Waals surface area contributed by atoms with E-state index in [1.165, 1.54) is 16.3 Å². The Morgan fingerprint density at radius 2 is 1.96 bits per heavy atom. The third kappa shape index (κ3) is 4.58. The third-order valence-electron chi connectivity index (χ3n) is 4.69.